The Kier molecular flexibility index (Phi) is 3.21. The minimum absolute atomic E-state index is 0.0138. The van der Waals surface area contributed by atoms with E-state index in [0.29, 0.717) is 5.82 Å². The molecule has 1 aromatic heterocycles. The SMILES string of the molecule is CC(C)[C@H]1C(=O)N(C)C(=O)N1c1ccnc(Cl)n1. The largest absolute Gasteiger partial charge is 0.332 e. The second-order valence-electron chi connectivity index (χ2n) is 4.42. The van der Waals surface area contributed by atoms with E-state index in [1.54, 1.807) is 6.07 Å². The average molecular weight is 269 g/mol. The fourth-order valence-corrected chi connectivity index (χ4v) is 2.11. The van der Waals surface area contributed by atoms with E-state index in [2.05, 4.69) is 9.97 Å². The van der Waals surface area contributed by atoms with Crippen LogP contribution in [0, 0.1) is 5.92 Å². The number of hydrogen-bond acceptors (Lipinski definition) is 4. The van der Waals surface area contributed by atoms with Gasteiger partial charge in [0.2, 0.25) is 5.28 Å². The molecule has 0 unspecified atom stereocenters. The highest BCUT2D eigenvalue weighted by Crippen LogP contribution is 2.27. The lowest BCUT2D eigenvalue weighted by atomic mass is 10.0. The lowest BCUT2D eigenvalue weighted by Gasteiger charge is -2.23. The zero-order chi connectivity index (χ0) is 13.4. The Labute approximate surface area is 110 Å². The van der Waals surface area contributed by atoms with Crippen LogP contribution in [0.2, 0.25) is 5.28 Å². The molecule has 0 N–H and O–H groups in total. The summed E-state index contributed by atoms with van der Waals surface area (Å²) in [5, 5.41) is 0.0461. The number of carbonyl (C=O) groups excluding carboxylic acids is 2. The van der Waals surface area contributed by atoms with E-state index in [9.17, 15) is 9.59 Å². The van der Waals surface area contributed by atoms with E-state index < -0.39 is 12.1 Å². The molecule has 1 fully saturated rings. The van der Waals surface area contributed by atoms with Gasteiger partial charge in [-0.3, -0.25) is 14.6 Å². The van der Waals surface area contributed by atoms with Crippen LogP contribution in [0.15, 0.2) is 12.3 Å². The molecule has 7 heteroatoms. The first-order chi connectivity index (χ1) is 8.43. The lowest BCUT2D eigenvalue weighted by molar-refractivity contribution is -0.127. The van der Waals surface area contributed by atoms with Crippen molar-refractivity contribution in [2.75, 3.05) is 11.9 Å². The van der Waals surface area contributed by atoms with Crippen molar-refractivity contribution < 1.29 is 9.59 Å². The van der Waals surface area contributed by atoms with Crippen molar-refractivity contribution in [3.05, 3.63) is 17.5 Å². The second kappa shape index (κ2) is 4.53. The van der Waals surface area contributed by atoms with Gasteiger partial charge in [-0.25, -0.2) is 14.8 Å². The molecule has 2 heterocycles. The molecule has 1 aliphatic heterocycles. The van der Waals surface area contributed by atoms with Crippen LogP contribution in [-0.2, 0) is 4.79 Å². The summed E-state index contributed by atoms with van der Waals surface area (Å²) < 4.78 is 0. The van der Waals surface area contributed by atoms with Crippen LogP contribution in [0.1, 0.15) is 13.8 Å². The normalized spacial score (nSPS) is 20.2. The Bertz CT molecular complexity index is 506. The summed E-state index contributed by atoms with van der Waals surface area (Å²) in [6, 6.07) is 0.618. The third kappa shape index (κ3) is 1.92. The van der Waals surface area contributed by atoms with Crippen molar-refractivity contribution in [2.24, 2.45) is 5.92 Å². The molecule has 0 bridgehead atoms. The predicted molar refractivity (Wildman–Crippen MR) is 66.3 cm³/mol. The quantitative estimate of drug-likeness (QED) is 0.603. The van der Waals surface area contributed by atoms with Gasteiger partial charge in [0.1, 0.15) is 11.9 Å². The van der Waals surface area contributed by atoms with Crippen molar-refractivity contribution in [1.82, 2.24) is 14.9 Å². The molecular weight excluding hydrogens is 256 g/mol. The number of halogens is 1. The third-order valence-corrected chi connectivity index (χ3v) is 3.03. The highest BCUT2D eigenvalue weighted by molar-refractivity contribution is 6.28. The number of aromatic nitrogens is 2. The topological polar surface area (TPSA) is 66.4 Å². The smallest absolute Gasteiger partial charge is 0.272 e. The average Bonchev–Trinajstić information content (AvgIpc) is 2.53. The Hall–Kier alpha value is -1.69. The summed E-state index contributed by atoms with van der Waals surface area (Å²) in [5.74, 6) is 0.0984. The molecule has 0 saturated carbocycles. The van der Waals surface area contributed by atoms with Crippen LogP contribution in [0.4, 0.5) is 10.6 Å². The number of likely N-dealkylation sites (N-methyl/N-ethyl adjacent to an activating group) is 1. The fourth-order valence-electron chi connectivity index (χ4n) is 1.97. The maximum absolute atomic E-state index is 12.1. The minimum atomic E-state index is -0.548. The van der Waals surface area contributed by atoms with Crippen LogP contribution in [0.3, 0.4) is 0 Å². The molecule has 96 valence electrons. The fraction of sp³-hybridized carbons (Fsp3) is 0.455. The summed E-state index contributed by atoms with van der Waals surface area (Å²) in [6.07, 6.45) is 1.46. The highest BCUT2D eigenvalue weighted by Gasteiger charge is 2.46. The molecule has 1 aliphatic rings. The maximum atomic E-state index is 12.1. The Morgan fingerprint density at radius 3 is 2.61 bits per heavy atom. The second-order valence-corrected chi connectivity index (χ2v) is 4.76. The van der Waals surface area contributed by atoms with Crippen LogP contribution >= 0.6 is 11.6 Å². The number of anilines is 1. The van der Waals surface area contributed by atoms with Gasteiger partial charge in [0.15, 0.2) is 0 Å². The molecule has 3 amide bonds. The molecule has 2 rings (SSSR count). The van der Waals surface area contributed by atoms with E-state index in [4.69, 9.17) is 11.6 Å². The number of imide groups is 1. The van der Waals surface area contributed by atoms with E-state index in [0.717, 1.165) is 4.90 Å². The van der Waals surface area contributed by atoms with Crippen molar-refractivity contribution in [3.63, 3.8) is 0 Å². The lowest BCUT2D eigenvalue weighted by Crippen LogP contribution is -2.39. The van der Waals surface area contributed by atoms with Gasteiger partial charge in [-0.05, 0) is 23.6 Å². The summed E-state index contributed by atoms with van der Waals surface area (Å²) >= 11 is 5.71. The molecule has 1 saturated heterocycles. The van der Waals surface area contributed by atoms with Crippen molar-refractivity contribution >= 4 is 29.4 Å². The number of rotatable bonds is 2. The zero-order valence-electron chi connectivity index (χ0n) is 10.3. The van der Waals surface area contributed by atoms with E-state index >= 15 is 0 Å². The molecule has 18 heavy (non-hydrogen) atoms. The standard InChI is InChI=1S/C11H13ClN4O2/c1-6(2)8-9(17)15(3)11(18)16(8)7-4-5-13-10(12)14-7/h4-6,8H,1-3H3/t8-/m0/s1. The summed E-state index contributed by atoms with van der Waals surface area (Å²) in [5.41, 5.74) is 0. The monoisotopic (exact) mass is 268 g/mol. The first-order valence-corrected chi connectivity index (χ1v) is 5.90. The molecule has 0 spiro atoms. The van der Waals surface area contributed by atoms with Gasteiger partial charge in [0.05, 0.1) is 0 Å². The first kappa shape index (κ1) is 12.8. The maximum Gasteiger partial charge on any atom is 0.332 e. The van der Waals surface area contributed by atoms with Crippen molar-refractivity contribution in [3.8, 4) is 0 Å². The number of nitrogens with zero attached hydrogens (tertiary/aromatic N) is 4. The number of urea groups is 1. The van der Waals surface area contributed by atoms with Gasteiger partial charge in [-0.1, -0.05) is 13.8 Å². The minimum Gasteiger partial charge on any atom is -0.272 e. The van der Waals surface area contributed by atoms with Gasteiger partial charge in [0.25, 0.3) is 5.91 Å². The highest BCUT2D eigenvalue weighted by atomic mass is 35.5. The summed E-state index contributed by atoms with van der Waals surface area (Å²) in [7, 11) is 1.46. The molecule has 6 nitrogen and oxygen atoms in total. The van der Waals surface area contributed by atoms with Crippen molar-refractivity contribution in [1.29, 1.82) is 0 Å². The number of amides is 3. The van der Waals surface area contributed by atoms with E-state index in [-0.39, 0.29) is 17.1 Å². The van der Waals surface area contributed by atoms with Gasteiger partial charge in [-0.2, -0.15) is 0 Å². The number of carbonyl (C=O) groups is 2. The van der Waals surface area contributed by atoms with E-state index in [1.807, 2.05) is 13.8 Å². The van der Waals surface area contributed by atoms with Gasteiger partial charge in [0, 0.05) is 13.2 Å². The molecule has 0 aliphatic carbocycles. The van der Waals surface area contributed by atoms with Crippen molar-refractivity contribution in [2.45, 2.75) is 19.9 Å². The van der Waals surface area contributed by atoms with Crippen LogP contribution in [0.25, 0.3) is 0 Å². The van der Waals surface area contributed by atoms with Crippen LogP contribution in [0.5, 0.6) is 0 Å². The molecule has 1 aromatic rings. The molecular formula is C11H13ClN4O2. The zero-order valence-corrected chi connectivity index (χ0v) is 11.0. The van der Waals surface area contributed by atoms with Gasteiger partial charge in [-0.15, -0.1) is 0 Å². The summed E-state index contributed by atoms with van der Waals surface area (Å²) in [6.45, 7) is 3.76. The third-order valence-electron chi connectivity index (χ3n) is 2.84. The van der Waals surface area contributed by atoms with Crippen LogP contribution in [-0.4, -0.2) is 39.9 Å². The summed E-state index contributed by atoms with van der Waals surface area (Å²) in [4.78, 5) is 34.3. The Morgan fingerprint density at radius 1 is 1.39 bits per heavy atom. The van der Waals surface area contributed by atoms with Gasteiger partial charge >= 0.3 is 6.03 Å². The molecule has 1 atom stereocenters. The Morgan fingerprint density at radius 2 is 2.06 bits per heavy atom. The van der Waals surface area contributed by atoms with Gasteiger partial charge < -0.3 is 0 Å². The van der Waals surface area contributed by atoms with E-state index in [1.165, 1.54) is 18.1 Å². The molecule has 0 aromatic carbocycles. The first-order valence-electron chi connectivity index (χ1n) is 5.52. The molecule has 0 radical (unpaired) electrons. The predicted octanol–water partition coefficient (Wildman–Crippen LogP) is 1.55. The van der Waals surface area contributed by atoms with Crippen LogP contribution < -0.4 is 4.90 Å². The number of hydrogen-bond donors (Lipinski definition) is 0. The Balaban J connectivity index is 2.47.